The van der Waals surface area contributed by atoms with Gasteiger partial charge in [-0.15, -0.1) is 12.4 Å². The van der Waals surface area contributed by atoms with E-state index in [2.05, 4.69) is 0 Å². The first kappa shape index (κ1) is 19.6. The minimum absolute atomic E-state index is 0. The van der Waals surface area contributed by atoms with Crippen molar-refractivity contribution in [3.05, 3.63) is 0 Å². The molecule has 1 saturated heterocycles. The molecular formula is C15H26ClF3N2O. The molecule has 1 aliphatic carbocycles. The summed E-state index contributed by atoms with van der Waals surface area (Å²) < 4.78 is 39.4. The van der Waals surface area contributed by atoms with E-state index in [1.807, 2.05) is 0 Å². The summed E-state index contributed by atoms with van der Waals surface area (Å²) in [5, 5.41) is 0. The fraction of sp³-hybridized carbons (Fsp3) is 0.933. The lowest BCUT2D eigenvalue weighted by Gasteiger charge is -2.39. The molecule has 1 heterocycles. The molecule has 22 heavy (non-hydrogen) atoms. The molecule has 0 spiro atoms. The number of rotatable bonds is 3. The lowest BCUT2D eigenvalue weighted by Crippen LogP contribution is -2.48. The van der Waals surface area contributed by atoms with Crippen molar-refractivity contribution in [1.29, 1.82) is 0 Å². The number of alkyl halides is 3. The molecule has 7 heteroatoms. The van der Waals surface area contributed by atoms with Crippen LogP contribution in [0, 0.1) is 17.8 Å². The van der Waals surface area contributed by atoms with Gasteiger partial charge < -0.3 is 10.6 Å². The van der Waals surface area contributed by atoms with Crippen molar-refractivity contribution in [2.45, 2.75) is 51.1 Å². The first-order valence-corrected chi connectivity index (χ1v) is 7.99. The van der Waals surface area contributed by atoms with Crippen LogP contribution < -0.4 is 5.73 Å². The minimum atomic E-state index is -4.26. The number of nitrogens with two attached hydrogens (primary N) is 1. The largest absolute Gasteiger partial charge is 0.392 e. The highest BCUT2D eigenvalue weighted by atomic mass is 35.5. The minimum Gasteiger partial charge on any atom is -0.342 e. The highest BCUT2D eigenvalue weighted by molar-refractivity contribution is 5.85. The van der Waals surface area contributed by atoms with Crippen LogP contribution in [-0.2, 0) is 4.79 Å². The molecular weight excluding hydrogens is 317 g/mol. The average molecular weight is 343 g/mol. The number of hydrogen-bond donors (Lipinski definition) is 1. The van der Waals surface area contributed by atoms with Gasteiger partial charge in [-0.25, -0.2) is 0 Å². The summed E-state index contributed by atoms with van der Waals surface area (Å²) in [6.45, 7) is 1.75. The molecule has 1 aliphatic heterocycles. The first-order valence-electron chi connectivity index (χ1n) is 7.99. The van der Waals surface area contributed by atoms with Crippen LogP contribution in [0.15, 0.2) is 0 Å². The predicted octanol–water partition coefficient (Wildman–Crippen LogP) is 3.36. The molecule has 130 valence electrons. The van der Waals surface area contributed by atoms with Crippen LogP contribution in [0.3, 0.4) is 0 Å². The number of amides is 1. The zero-order valence-corrected chi connectivity index (χ0v) is 13.6. The van der Waals surface area contributed by atoms with E-state index in [4.69, 9.17) is 5.73 Å². The molecule has 0 radical (unpaired) electrons. The van der Waals surface area contributed by atoms with Gasteiger partial charge >= 0.3 is 6.18 Å². The van der Waals surface area contributed by atoms with Crippen LogP contribution in [0.1, 0.15) is 44.9 Å². The summed E-state index contributed by atoms with van der Waals surface area (Å²) in [6, 6.07) is 0. The molecule has 1 amide bonds. The Morgan fingerprint density at radius 3 is 2.45 bits per heavy atom. The molecule has 3 atom stereocenters. The van der Waals surface area contributed by atoms with Gasteiger partial charge in [0.2, 0.25) is 5.91 Å². The Hall–Kier alpha value is -0.490. The van der Waals surface area contributed by atoms with Crippen LogP contribution in [0.5, 0.6) is 0 Å². The molecule has 1 saturated carbocycles. The van der Waals surface area contributed by atoms with Crippen LogP contribution >= 0.6 is 12.4 Å². The second-order valence-corrected chi connectivity index (χ2v) is 6.41. The monoisotopic (exact) mass is 342 g/mol. The molecule has 0 aromatic heterocycles. The predicted molar refractivity (Wildman–Crippen MR) is 81.7 cm³/mol. The third-order valence-corrected chi connectivity index (χ3v) is 4.91. The maximum atomic E-state index is 13.1. The second-order valence-electron chi connectivity index (χ2n) is 6.41. The Bertz CT molecular complexity index is 363. The molecule has 2 rings (SSSR count). The number of nitrogens with zero attached hydrogens (tertiary/aromatic N) is 1. The number of carbonyl (C=O) groups is 1. The van der Waals surface area contributed by atoms with Crippen LogP contribution in [0.2, 0.25) is 0 Å². The fourth-order valence-corrected chi connectivity index (χ4v) is 3.79. The van der Waals surface area contributed by atoms with E-state index >= 15 is 0 Å². The summed E-state index contributed by atoms with van der Waals surface area (Å²) in [6.07, 6.45) is 0.256. The van der Waals surface area contributed by atoms with Crippen molar-refractivity contribution in [3.8, 4) is 0 Å². The average Bonchev–Trinajstić information content (AvgIpc) is 2.46. The van der Waals surface area contributed by atoms with Gasteiger partial charge in [-0.2, -0.15) is 13.2 Å². The topological polar surface area (TPSA) is 46.3 Å². The van der Waals surface area contributed by atoms with E-state index in [9.17, 15) is 18.0 Å². The van der Waals surface area contributed by atoms with Crippen molar-refractivity contribution in [2.24, 2.45) is 23.5 Å². The molecule has 2 aliphatic rings. The highest BCUT2D eigenvalue weighted by Gasteiger charge is 2.49. The number of hydrogen-bond acceptors (Lipinski definition) is 2. The zero-order valence-electron chi connectivity index (χ0n) is 12.8. The van der Waals surface area contributed by atoms with Gasteiger partial charge in [0.15, 0.2) is 0 Å². The molecule has 3 unspecified atom stereocenters. The summed E-state index contributed by atoms with van der Waals surface area (Å²) in [4.78, 5) is 14.2. The standard InChI is InChI=1S/C15H25F3N2O.ClH/c16-15(17,18)13-6-2-1-5-12(13)14(21)20-9-3-4-11(10-20)7-8-19;/h11-13H,1-10,19H2;1H. The van der Waals surface area contributed by atoms with Crippen molar-refractivity contribution in [1.82, 2.24) is 4.90 Å². The Kier molecular flexibility index (Phi) is 7.46. The number of halogens is 4. The lowest BCUT2D eigenvalue weighted by molar-refractivity contribution is -0.201. The van der Waals surface area contributed by atoms with E-state index < -0.39 is 18.0 Å². The second kappa shape index (κ2) is 8.39. The van der Waals surface area contributed by atoms with Crippen LogP contribution in [0.25, 0.3) is 0 Å². The zero-order chi connectivity index (χ0) is 15.5. The number of likely N-dealkylation sites (tertiary alicyclic amines) is 1. The maximum absolute atomic E-state index is 13.1. The van der Waals surface area contributed by atoms with Gasteiger partial charge in [0, 0.05) is 19.0 Å². The Labute approximate surface area is 136 Å². The number of piperidine rings is 1. The van der Waals surface area contributed by atoms with Gasteiger partial charge in [-0.3, -0.25) is 4.79 Å². The molecule has 2 N–H and O–H groups in total. The van der Waals surface area contributed by atoms with Crippen molar-refractivity contribution >= 4 is 18.3 Å². The third kappa shape index (κ3) is 4.75. The third-order valence-electron chi connectivity index (χ3n) is 4.91. The highest BCUT2D eigenvalue weighted by Crippen LogP contribution is 2.42. The fourth-order valence-electron chi connectivity index (χ4n) is 3.79. The smallest absolute Gasteiger partial charge is 0.342 e. The van der Waals surface area contributed by atoms with Gasteiger partial charge in [0.05, 0.1) is 5.92 Å². The Balaban J connectivity index is 0.00000242. The van der Waals surface area contributed by atoms with E-state index in [0.717, 1.165) is 25.7 Å². The Morgan fingerprint density at radius 2 is 1.82 bits per heavy atom. The number of carbonyl (C=O) groups excluding carboxylic acids is 1. The summed E-state index contributed by atoms with van der Waals surface area (Å²) in [7, 11) is 0. The molecule has 0 aromatic carbocycles. The summed E-state index contributed by atoms with van der Waals surface area (Å²) in [5.74, 6) is -2.25. The van der Waals surface area contributed by atoms with Gasteiger partial charge in [0.25, 0.3) is 0 Å². The van der Waals surface area contributed by atoms with Crippen LogP contribution in [0.4, 0.5) is 13.2 Å². The van der Waals surface area contributed by atoms with Crippen molar-refractivity contribution < 1.29 is 18.0 Å². The maximum Gasteiger partial charge on any atom is 0.392 e. The molecule has 3 nitrogen and oxygen atoms in total. The van der Waals surface area contributed by atoms with Gasteiger partial charge in [-0.1, -0.05) is 12.8 Å². The van der Waals surface area contributed by atoms with E-state index in [-0.39, 0.29) is 24.7 Å². The SMILES string of the molecule is Cl.NCCC1CCCN(C(=O)C2CCCCC2C(F)(F)F)C1. The lowest BCUT2D eigenvalue weighted by atomic mass is 9.77. The summed E-state index contributed by atoms with van der Waals surface area (Å²) in [5.41, 5.74) is 5.55. The van der Waals surface area contributed by atoms with E-state index in [1.54, 1.807) is 4.90 Å². The molecule has 0 aromatic rings. The normalized spacial score (nSPS) is 29.8. The van der Waals surface area contributed by atoms with Gasteiger partial charge in [0.1, 0.15) is 0 Å². The Morgan fingerprint density at radius 1 is 1.14 bits per heavy atom. The quantitative estimate of drug-likeness (QED) is 0.854. The van der Waals surface area contributed by atoms with Crippen molar-refractivity contribution in [3.63, 3.8) is 0 Å². The van der Waals surface area contributed by atoms with Crippen LogP contribution in [-0.4, -0.2) is 36.6 Å². The van der Waals surface area contributed by atoms with Crippen molar-refractivity contribution in [2.75, 3.05) is 19.6 Å². The first-order chi connectivity index (χ1) is 9.93. The summed E-state index contributed by atoms with van der Waals surface area (Å²) >= 11 is 0. The molecule has 0 bridgehead atoms. The molecule has 2 fully saturated rings. The van der Waals surface area contributed by atoms with E-state index in [0.29, 0.717) is 38.4 Å². The van der Waals surface area contributed by atoms with Gasteiger partial charge in [-0.05, 0) is 44.6 Å². The van der Waals surface area contributed by atoms with E-state index in [1.165, 1.54) is 0 Å².